The molecule has 16 heavy (non-hydrogen) atoms. The fourth-order valence-electron chi connectivity index (χ4n) is 1.37. The van der Waals surface area contributed by atoms with Crippen LogP contribution in [0.3, 0.4) is 0 Å². The maximum absolute atomic E-state index is 4.36. The van der Waals surface area contributed by atoms with Crippen molar-refractivity contribution in [3.63, 3.8) is 0 Å². The minimum absolute atomic E-state index is 0.975. The second kappa shape index (κ2) is 4.59. The smallest absolute Gasteiger partial charge is 0.117 e. The molecule has 0 aliphatic rings. The standard InChI is InChI=1S/C11H12BrN3S/c1-7-4-5-13-11(10(7)12)16-9-6-8(2)14-15(9)3/h4-6H,1-3H3. The third-order valence-corrected chi connectivity index (χ3v) is 4.57. The zero-order valence-electron chi connectivity index (χ0n) is 9.36. The highest BCUT2D eigenvalue weighted by atomic mass is 79.9. The molecule has 0 spiro atoms. The molecular weight excluding hydrogens is 286 g/mol. The Labute approximate surface area is 107 Å². The predicted molar refractivity (Wildman–Crippen MR) is 68.7 cm³/mol. The van der Waals surface area contributed by atoms with Crippen molar-refractivity contribution in [1.82, 2.24) is 14.8 Å². The Hall–Kier alpha value is -0.810. The maximum Gasteiger partial charge on any atom is 0.117 e. The van der Waals surface area contributed by atoms with Gasteiger partial charge in [0.25, 0.3) is 0 Å². The highest BCUT2D eigenvalue weighted by Crippen LogP contribution is 2.33. The van der Waals surface area contributed by atoms with Crippen molar-refractivity contribution >= 4 is 27.7 Å². The SMILES string of the molecule is Cc1cc(Sc2nccc(C)c2Br)n(C)n1. The molecule has 0 fully saturated rings. The van der Waals surface area contributed by atoms with Crippen molar-refractivity contribution in [2.75, 3.05) is 0 Å². The molecule has 0 atom stereocenters. The summed E-state index contributed by atoms with van der Waals surface area (Å²) >= 11 is 5.17. The van der Waals surface area contributed by atoms with E-state index in [0.29, 0.717) is 0 Å². The van der Waals surface area contributed by atoms with E-state index >= 15 is 0 Å². The van der Waals surface area contributed by atoms with Crippen LogP contribution >= 0.6 is 27.7 Å². The summed E-state index contributed by atoms with van der Waals surface area (Å²) in [7, 11) is 1.94. The molecule has 0 aliphatic carbocycles. The summed E-state index contributed by atoms with van der Waals surface area (Å²) in [6, 6.07) is 4.05. The van der Waals surface area contributed by atoms with Gasteiger partial charge < -0.3 is 0 Å². The van der Waals surface area contributed by atoms with Gasteiger partial charge in [0.1, 0.15) is 10.1 Å². The van der Waals surface area contributed by atoms with E-state index in [2.05, 4.69) is 39.0 Å². The molecule has 0 amide bonds. The molecule has 0 aromatic carbocycles. The number of nitrogens with zero attached hydrogens (tertiary/aromatic N) is 3. The van der Waals surface area contributed by atoms with Gasteiger partial charge in [0, 0.05) is 13.2 Å². The minimum Gasteiger partial charge on any atom is -0.261 e. The molecule has 0 saturated carbocycles. The zero-order chi connectivity index (χ0) is 11.7. The van der Waals surface area contributed by atoms with Gasteiger partial charge in [-0.1, -0.05) is 0 Å². The Balaban J connectivity index is 2.34. The van der Waals surface area contributed by atoms with Crippen LogP contribution in [0.15, 0.2) is 32.9 Å². The van der Waals surface area contributed by atoms with Crippen LogP contribution in [0.2, 0.25) is 0 Å². The Bertz CT molecular complexity index is 522. The highest BCUT2D eigenvalue weighted by molar-refractivity contribution is 9.10. The molecule has 2 aromatic rings. The largest absolute Gasteiger partial charge is 0.261 e. The first-order valence-corrected chi connectivity index (χ1v) is 6.48. The summed E-state index contributed by atoms with van der Waals surface area (Å²) in [5, 5.41) is 6.38. The van der Waals surface area contributed by atoms with Crippen LogP contribution in [0.1, 0.15) is 11.3 Å². The van der Waals surface area contributed by atoms with Crippen molar-refractivity contribution in [2.45, 2.75) is 23.9 Å². The Kier molecular flexibility index (Phi) is 3.35. The van der Waals surface area contributed by atoms with E-state index in [0.717, 1.165) is 20.2 Å². The molecule has 0 bridgehead atoms. The van der Waals surface area contributed by atoms with Crippen LogP contribution in [-0.4, -0.2) is 14.8 Å². The normalized spacial score (nSPS) is 10.8. The molecule has 3 nitrogen and oxygen atoms in total. The number of pyridine rings is 1. The Morgan fingerprint density at radius 3 is 2.75 bits per heavy atom. The van der Waals surface area contributed by atoms with E-state index in [9.17, 15) is 0 Å². The Morgan fingerprint density at radius 2 is 2.12 bits per heavy atom. The maximum atomic E-state index is 4.36. The molecule has 2 aromatic heterocycles. The fourth-order valence-corrected chi connectivity index (χ4v) is 2.81. The van der Waals surface area contributed by atoms with Gasteiger partial charge in [-0.15, -0.1) is 0 Å². The van der Waals surface area contributed by atoms with Gasteiger partial charge in [0.05, 0.1) is 10.2 Å². The van der Waals surface area contributed by atoms with E-state index in [1.807, 2.05) is 30.9 Å². The van der Waals surface area contributed by atoms with E-state index in [1.165, 1.54) is 5.56 Å². The summed E-state index contributed by atoms with van der Waals surface area (Å²) in [5.74, 6) is 0. The topological polar surface area (TPSA) is 30.7 Å². The van der Waals surface area contributed by atoms with Crippen molar-refractivity contribution in [2.24, 2.45) is 7.05 Å². The average molecular weight is 298 g/mol. The molecule has 0 unspecified atom stereocenters. The minimum atomic E-state index is 0.975. The second-order valence-electron chi connectivity index (χ2n) is 3.60. The van der Waals surface area contributed by atoms with Crippen LogP contribution in [0.5, 0.6) is 0 Å². The number of hydrogen-bond donors (Lipinski definition) is 0. The lowest BCUT2D eigenvalue weighted by molar-refractivity contribution is 0.692. The van der Waals surface area contributed by atoms with Gasteiger partial charge in [0.2, 0.25) is 0 Å². The number of hydrogen-bond acceptors (Lipinski definition) is 3. The average Bonchev–Trinajstić information content (AvgIpc) is 2.53. The van der Waals surface area contributed by atoms with Crippen LogP contribution in [0, 0.1) is 13.8 Å². The highest BCUT2D eigenvalue weighted by Gasteiger charge is 2.09. The molecule has 0 saturated heterocycles. The van der Waals surface area contributed by atoms with Gasteiger partial charge in [-0.25, -0.2) is 4.98 Å². The number of halogens is 1. The molecule has 84 valence electrons. The quantitative estimate of drug-likeness (QED) is 0.852. The van der Waals surface area contributed by atoms with Crippen molar-refractivity contribution in [3.05, 3.63) is 34.1 Å². The molecule has 5 heteroatoms. The number of rotatable bonds is 2. The molecule has 0 aliphatic heterocycles. The van der Waals surface area contributed by atoms with Crippen LogP contribution < -0.4 is 0 Å². The summed E-state index contributed by atoms with van der Waals surface area (Å²) < 4.78 is 2.93. The first-order chi connectivity index (χ1) is 7.58. The van der Waals surface area contributed by atoms with E-state index in [4.69, 9.17) is 0 Å². The molecule has 2 rings (SSSR count). The summed E-state index contributed by atoms with van der Waals surface area (Å²) in [5.41, 5.74) is 2.21. The van der Waals surface area contributed by atoms with E-state index in [-0.39, 0.29) is 0 Å². The fraction of sp³-hybridized carbons (Fsp3) is 0.273. The van der Waals surface area contributed by atoms with Gasteiger partial charge in [-0.3, -0.25) is 4.68 Å². The number of aromatic nitrogens is 3. The summed E-state index contributed by atoms with van der Waals surface area (Å²) in [4.78, 5) is 4.36. The van der Waals surface area contributed by atoms with Gasteiger partial charge >= 0.3 is 0 Å². The zero-order valence-corrected chi connectivity index (χ0v) is 11.8. The van der Waals surface area contributed by atoms with Crippen molar-refractivity contribution in [1.29, 1.82) is 0 Å². The van der Waals surface area contributed by atoms with Crippen molar-refractivity contribution < 1.29 is 0 Å². The van der Waals surface area contributed by atoms with Crippen LogP contribution in [-0.2, 0) is 7.05 Å². The van der Waals surface area contributed by atoms with Crippen LogP contribution in [0.4, 0.5) is 0 Å². The van der Waals surface area contributed by atoms with E-state index < -0.39 is 0 Å². The van der Waals surface area contributed by atoms with Gasteiger partial charge in [-0.05, 0) is 59.2 Å². The second-order valence-corrected chi connectivity index (χ2v) is 5.40. The predicted octanol–water partition coefficient (Wildman–Crippen LogP) is 3.35. The first-order valence-electron chi connectivity index (χ1n) is 4.87. The van der Waals surface area contributed by atoms with Gasteiger partial charge in [-0.2, -0.15) is 5.10 Å². The lowest BCUT2D eigenvalue weighted by atomic mass is 10.3. The number of aryl methyl sites for hydroxylation is 3. The third kappa shape index (κ3) is 2.30. The third-order valence-electron chi connectivity index (χ3n) is 2.21. The summed E-state index contributed by atoms with van der Waals surface area (Å²) in [6.07, 6.45) is 1.83. The molecule has 0 radical (unpaired) electrons. The molecular formula is C11H12BrN3S. The van der Waals surface area contributed by atoms with E-state index in [1.54, 1.807) is 11.8 Å². The first kappa shape index (κ1) is 11.7. The van der Waals surface area contributed by atoms with Crippen molar-refractivity contribution in [3.8, 4) is 0 Å². The summed E-state index contributed by atoms with van der Waals surface area (Å²) in [6.45, 7) is 4.05. The molecule has 0 N–H and O–H groups in total. The van der Waals surface area contributed by atoms with Crippen LogP contribution in [0.25, 0.3) is 0 Å². The van der Waals surface area contributed by atoms with Gasteiger partial charge in [0.15, 0.2) is 0 Å². The monoisotopic (exact) mass is 297 g/mol. The lowest BCUT2D eigenvalue weighted by Crippen LogP contribution is -1.93. The Morgan fingerprint density at radius 1 is 1.38 bits per heavy atom. The molecule has 2 heterocycles. The lowest BCUT2D eigenvalue weighted by Gasteiger charge is -2.05.